The summed E-state index contributed by atoms with van der Waals surface area (Å²) >= 11 is 0. The molecule has 0 atom stereocenters. The lowest BCUT2D eigenvalue weighted by atomic mass is 9.87. The van der Waals surface area contributed by atoms with Gasteiger partial charge < -0.3 is 5.11 Å². The maximum Gasteiger partial charge on any atom is 0.0647 e. The van der Waals surface area contributed by atoms with E-state index in [2.05, 4.69) is 38.1 Å². The van der Waals surface area contributed by atoms with Crippen LogP contribution >= 0.6 is 0 Å². The molecule has 1 aromatic carbocycles. The Morgan fingerprint density at radius 1 is 0.941 bits per heavy atom. The lowest BCUT2D eigenvalue weighted by molar-refractivity contribution is 0.0112. The van der Waals surface area contributed by atoms with Gasteiger partial charge in [0.1, 0.15) is 0 Å². The van der Waals surface area contributed by atoms with Gasteiger partial charge in [-0.05, 0) is 37.7 Å². The molecule has 1 N–H and O–H groups in total. The van der Waals surface area contributed by atoms with E-state index in [4.69, 9.17) is 0 Å². The number of hydrogen-bond acceptors (Lipinski definition) is 1. The predicted molar refractivity (Wildman–Crippen MR) is 74.1 cm³/mol. The van der Waals surface area contributed by atoms with Crippen LogP contribution in [0.3, 0.4) is 0 Å². The number of hydrogen-bond donors (Lipinski definition) is 1. The van der Waals surface area contributed by atoms with Crippen molar-refractivity contribution >= 4 is 0 Å². The van der Waals surface area contributed by atoms with Crippen molar-refractivity contribution in [3.63, 3.8) is 0 Å². The summed E-state index contributed by atoms with van der Waals surface area (Å²) in [6.45, 7) is 4.30. The van der Waals surface area contributed by atoms with Gasteiger partial charge in [0.2, 0.25) is 0 Å². The molecule has 1 rings (SSSR count). The first-order valence-electron chi connectivity index (χ1n) is 6.96. The molecule has 0 aliphatic rings. The van der Waals surface area contributed by atoms with Gasteiger partial charge in [0, 0.05) is 0 Å². The van der Waals surface area contributed by atoms with Gasteiger partial charge in [-0.1, -0.05) is 57.0 Å². The largest absolute Gasteiger partial charge is 0.390 e. The SMILES string of the molecule is CCCC(O)(CCC)CCCc1ccccc1. The van der Waals surface area contributed by atoms with E-state index in [1.54, 1.807) is 0 Å². The van der Waals surface area contributed by atoms with E-state index in [9.17, 15) is 5.11 Å². The van der Waals surface area contributed by atoms with Gasteiger partial charge in [-0.25, -0.2) is 0 Å². The number of aryl methyl sites for hydroxylation is 1. The smallest absolute Gasteiger partial charge is 0.0647 e. The summed E-state index contributed by atoms with van der Waals surface area (Å²) < 4.78 is 0. The van der Waals surface area contributed by atoms with Crippen molar-refractivity contribution in [3.05, 3.63) is 35.9 Å². The zero-order valence-corrected chi connectivity index (χ0v) is 11.3. The highest BCUT2D eigenvalue weighted by Gasteiger charge is 2.23. The van der Waals surface area contributed by atoms with Crippen LogP contribution in [-0.2, 0) is 6.42 Å². The molecule has 0 fully saturated rings. The van der Waals surface area contributed by atoms with E-state index in [1.165, 1.54) is 5.56 Å². The molecule has 0 amide bonds. The van der Waals surface area contributed by atoms with Crippen molar-refractivity contribution in [1.82, 2.24) is 0 Å². The fourth-order valence-electron chi connectivity index (χ4n) is 2.57. The van der Waals surface area contributed by atoms with Gasteiger partial charge in [0.25, 0.3) is 0 Å². The minimum atomic E-state index is -0.418. The van der Waals surface area contributed by atoms with Crippen LogP contribution in [0.1, 0.15) is 57.9 Å². The second-order valence-corrected chi connectivity index (χ2v) is 5.06. The van der Waals surface area contributed by atoms with Gasteiger partial charge >= 0.3 is 0 Å². The Morgan fingerprint density at radius 2 is 1.53 bits per heavy atom. The Bertz CT molecular complexity index is 286. The quantitative estimate of drug-likeness (QED) is 0.709. The molecule has 0 unspecified atom stereocenters. The molecule has 1 aromatic rings. The zero-order chi connectivity index (χ0) is 12.6. The molecule has 0 aliphatic carbocycles. The van der Waals surface area contributed by atoms with Crippen molar-refractivity contribution in [2.75, 3.05) is 0 Å². The van der Waals surface area contributed by atoms with Crippen LogP contribution in [-0.4, -0.2) is 10.7 Å². The molecule has 0 radical (unpaired) electrons. The highest BCUT2D eigenvalue weighted by atomic mass is 16.3. The Balaban J connectivity index is 2.37. The third kappa shape index (κ3) is 5.36. The highest BCUT2D eigenvalue weighted by Crippen LogP contribution is 2.25. The first-order valence-corrected chi connectivity index (χ1v) is 6.96. The van der Waals surface area contributed by atoms with Gasteiger partial charge in [-0.15, -0.1) is 0 Å². The molecule has 0 saturated carbocycles. The van der Waals surface area contributed by atoms with E-state index in [0.717, 1.165) is 44.9 Å². The van der Waals surface area contributed by atoms with Crippen molar-refractivity contribution < 1.29 is 5.11 Å². The number of aliphatic hydroxyl groups is 1. The average molecular weight is 234 g/mol. The molecule has 0 saturated heterocycles. The van der Waals surface area contributed by atoms with Gasteiger partial charge in [-0.2, -0.15) is 0 Å². The van der Waals surface area contributed by atoms with Crippen LogP contribution in [0, 0.1) is 0 Å². The van der Waals surface area contributed by atoms with Gasteiger partial charge in [-0.3, -0.25) is 0 Å². The molecule has 0 heterocycles. The highest BCUT2D eigenvalue weighted by molar-refractivity contribution is 5.14. The fraction of sp³-hybridized carbons (Fsp3) is 0.625. The molecule has 1 heteroatoms. The molecule has 0 aromatic heterocycles. The first kappa shape index (κ1) is 14.2. The molecule has 1 nitrogen and oxygen atoms in total. The molecular formula is C16H26O. The third-order valence-corrected chi connectivity index (χ3v) is 3.38. The Hall–Kier alpha value is -0.820. The van der Waals surface area contributed by atoms with E-state index in [0.29, 0.717) is 0 Å². The predicted octanol–water partition coefficient (Wildman–Crippen LogP) is 4.34. The molecule has 0 bridgehead atoms. The molecule has 17 heavy (non-hydrogen) atoms. The van der Waals surface area contributed by atoms with Crippen molar-refractivity contribution in [1.29, 1.82) is 0 Å². The van der Waals surface area contributed by atoms with Gasteiger partial charge in [0.05, 0.1) is 5.60 Å². The maximum atomic E-state index is 10.5. The normalized spacial score (nSPS) is 11.7. The summed E-state index contributed by atoms with van der Waals surface area (Å²) in [5, 5.41) is 10.5. The van der Waals surface area contributed by atoms with Gasteiger partial charge in [0.15, 0.2) is 0 Å². The summed E-state index contributed by atoms with van der Waals surface area (Å²) in [5.74, 6) is 0. The van der Waals surface area contributed by atoms with E-state index in [-0.39, 0.29) is 0 Å². The van der Waals surface area contributed by atoms with E-state index >= 15 is 0 Å². The standard InChI is InChI=1S/C16H26O/c1-3-12-16(17,13-4-2)14-8-11-15-9-6-5-7-10-15/h5-7,9-10,17H,3-4,8,11-14H2,1-2H3. The first-order chi connectivity index (χ1) is 8.20. The van der Waals surface area contributed by atoms with Crippen LogP contribution < -0.4 is 0 Å². The Morgan fingerprint density at radius 3 is 2.06 bits per heavy atom. The lowest BCUT2D eigenvalue weighted by Crippen LogP contribution is -2.28. The molecular weight excluding hydrogens is 208 g/mol. The topological polar surface area (TPSA) is 20.2 Å². The van der Waals surface area contributed by atoms with E-state index < -0.39 is 5.60 Å². The summed E-state index contributed by atoms with van der Waals surface area (Å²) in [5.41, 5.74) is 0.959. The summed E-state index contributed by atoms with van der Waals surface area (Å²) in [6, 6.07) is 10.5. The fourth-order valence-corrected chi connectivity index (χ4v) is 2.57. The minimum absolute atomic E-state index is 0.418. The minimum Gasteiger partial charge on any atom is -0.390 e. The van der Waals surface area contributed by atoms with Crippen LogP contribution in [0.15, 0.2) is 30.3 Å². The summed E-state index contributed by atoms with van der Waals surface area (Å²) in [7, 11) is 0. The van der Waals surface area contributed by atoms with Crippen molar-refractivity contribution in [2.45, 2.75) is 64.4 Å². The van der Waals surface area contributed by atoms with Crippen LogP contribution in [0.5, 0.6) is 0 Å². The Kier molecular flexibility index (Phi) is 6.28. The number of rotatable bonds is 8. The van der Waals surface area contributed by atoms with Crippen molar-refractivity contribution in [2.24, 2.45) is 0 Å². The summed E-state index contributed by atoms with van der Waals surface area (Å²) in [6.07, 6.45) is 7.12. The monoisotopic (exact) mass is 234 g/mol. The number of benzene rings is 1. The average Bonchev–Trinajstić information content (AvgIpc) is 2.31. The summed E-state index contributed by atoms with van der Waals surface area (Å²) in [4.78, 5) is 0. The Labute approximate surface area is 106 Å². The molecule has 96 valence electrons. The maximum absolute atomic E-state index is 10.5. The van der Waals surface area contributed by atoms with Crippen LogP contribution in [0.4, 0.5) is 0 Å². The van der Waals surface area contributed by atoms with Crippen LogP contribution in [0.2, 0.25) is 0 Å². The molecule has 0 aliphatic heterocycles. The lowest BCUT2D eigenvalue weighted by Gasteiger charge is -2.27. The second kappa shape index (κ2) is 7.50. The molecule has 0 spiro atoms. The van der Waals surface area contributed by atoms with Crippen LogP contribution in [0.25, 0.3) is 0 Å². The van der Waals surface area contributed by atoms with E-state index in [1.807, 2.05) is 6.07 Å². The zero-order valence-electron chi connectivity index (χ0n) is 11.3. The second-order valence-electron chi connectivity index (χ2n) is 5.06. The van der Waals surface area contributed by atoms with Crippen molar-refractivity contribution in [3.8, 4) is 0 Å². The third-order valence-electron chi connectivity index (χ3n) is 3.38.